The van der Waals surface area contributed by atoms with Crippen LogP contribution in [-0.2, 0) is 6.54 Å². The molecule has 5 nitrogen and oxygen atoms in total. The molecular formula is C15H14F3N3O2. The maximum atomic E-state index is 12.6. The average molecular weight is 325 g/mol. The lowest BCUT2D eigenvalue weighted by Gasteiger charge is -2.16. The van der Waals surface area contributed by atoms with Gasteiger partial charge in [0.15, 0.2) is 0 Å². The third-order valence-corrected chi connectivity index (χ3v) is 3.56. The Morgan fingerprint density at radius 3 is 2.70 bits per heavy atom. The molecule has 0 aliphatic rings. The number of rotatable bonds is 3. The molecule has 1 aromatic carbocycles. The first-order valence-corrected chi connectivity index (χ1v) is 6.99. The number of aliphatic hydroxyl groups excluding tert-OH is 1. The first-order valence-electron chi connectivity index (χ1n) is 6.99. The summed E-state index contributed by atoms with van der Waals surface area (Å²) in [5, 5.41) is 14.3. The molecule has 1 N–H and O–H groups in total. The van der Waals surface area contributed by atoms with E-state index < -0.39 is 30.8 Å². The fourth-order valence-electron chi connectivity index (χ4n) is 2.66. The Morgan fingerprint density at radius 1 is 1.30 bits per heavy atom. The Bertz CT molecular complexity index is 927. The molecule has 0 amide bonds. The molecular weight excluding hydrogens is 311 g/mol. The Kier molecular flexibility index (Phi) is 3.63. The maximum absolute atomic E-state index is 12.6. The van der Waals surface area contributed by atoms with E-state index in [4.69, 9.17) is 0 Å². The van der Waals surface area contributed by atoms with Crippen LogP contribution in [0.5, 0.6) is 0 Å². The lowest BCUT2D eigenvalue weighted by Crippen LogP contribution is -2.31. The number of nitrogens with zero attached hydrogens (tertiary/aromatic N) is 3. The van der Waals surface area contributed by atoms with Crippen molar-refractivity contribution in [1.29, 1.82) is 0 Å². The normalized spacial score (nSPS) is 13.8. The van der Waals surface area contributed by atoms with Crippen molar-refractivity contribution in [3.63, 3.8) is 0 Å². The smallest absolute Gasteiger partial charge is 0.391 e. The molecule has 1 atom stereocenters. The molecule has 0 spiro atoms. The van der Waals surface area contributed by atoms with Gasteiger partial charge in [-0.15, -0.1) is 0 Å². The lowest BCUT2D eigenvalue weighted by molar-refractivity contribution is -0.154. The largest absolute Gasteiger partial charge is 0.391 e. The number of benzene rings is 1. The summed E-state index contributed by atoms with van der Waals surface area (Å²) < 4.78 is 39.9. The van der Waals surface area contributed by atoms with E-state index in [1.165, 1.54) is 4.52 Å². The Hall–Kier alpha value is -2.35. The molecule has 2 heterocycles. The van der Waals surface area contributed by atoms with E-state index in [9.17, 15) is 23.1 Å². The van der Waals surface area contributed by atoms with Crippen molar-refractivity contribution in [2.75, 3.05) is 0 Å². The van der Waals surface area contributed by atoms with Crippen LogP contribution < -0.4 is 5.56 Å². The second-order valence-corrected chi connectivity index (χ2v) is 5.46. The Morgan fingerprint density at radius 2 is 2.00 bits per heavy atom. The van der Waals surface area contributed by atoms with Crippen LogP contribution in [0, 0.1) is 6.92 Å². The summed E-state index contributed by atoms with van der Waals surface area (Å²) in [7, 11) is 0. The Balaban J connectivity index is 2.18. The molecule has 0 saturated carbocycles. The van der Waals surface area contributed by atoms with E-state index in [0.29, 0.717) is 22.2 Å². The number of hydrogen-bond acceptors (Lipinski definition) is 3. The molecule has 3 rings (SSSR count). The molecule has 3 aromatic rings. The highest BCUT2D eigenvalue weighted by Gasteiger charge is 2.31. The molecule has 8 heteroatoms. The van der Waals surface area contributed by atoms with Gasteiger partial charge in [0.05, 0.1) is 35.7 Å². The van der Waals surface area contributed by atoms with Crippen LogP contribution >= 0.6 is 0 Å². The minimum atomic E-state index is -4.49. The van der Waals surface area contributed by atoms with Crippen LogP contribution in [0.3, 0.4) is 0 Å². The van der Waals surface area contributed by atoms with Crippen molar-refractivity contribution < 1.29 is 18.3 Å². The second-order valence-electron chi connectivity index (χ2n) is 5.46. The van der Waals surface area contributed by atoms with E-state index in [1.54, 1.807) is 37.3 Å². The van der Waals surface area contributed by atoms with E-state index in [0.717, 1.165) is 4.57 Å². The van der Waals surface area contributed by atoms with Gasteiger partial charge < -0.3 is 5.11 Å². The number of hydrogen-bond donors (Lipinski definition) is 1. The Labute approximate surface area is 128 Å². The van der Waals surface area contributed by atoms with Crippen LogP contribution in [0.2, 0.25) is 0 Å². The molecule has 2 aromatic heterocycles. The average Bonchev–Trinajstić information content (AvgIpc) is 2.83. The predicted molar refractivity (Wildman–Crippen MR) is 78.4 cm³/mol. The third-order valence-electron chi connectivity index (χ3n) is 3.56. The van der Waals surface area contributed by atoms with Crippen molar-refractivity contribution in [1.82, 2.24) is 14.2 Å². The number of aryl methyl sites for hydroxylation is 1. The van der Waals surface area contributed by atoms with Gasteiger partial charge >= 0.3 is 6.18 Å². The summed E-state index contributed by atoms with van der Waals surface area (Å²) >= 11 is 0. The van der Waals surface area contributed by atoms with E-state index in [1.807, 2.05) is 0 Å². The number of aromatic nitrogens is 3. The van der Waals surface area contributed by atoms with Crippen molar-refractivity contribution >= 4 is 16.6 Å². The van der Waals surface area contributed by atoms with Gasteiger partial charge in [0.25, 0.3) is 5.56 Å². The molecule has 0 bridgehead atoms. The van der Waals surface area contributed by atoms with Gasteiger partial charge in [0, 0.05) is 6.07 Å². The summed E-state index contributed by atoms with van der Waals surface area (Å²) in [4.78, 5) is 12.6. The van der Waals surface area contributed by atoms with E-state index in [-0.39, 0.29) is 0 Å². The summed E-state index contributed by atoms with van der Waals surface area (Å²) in [5.74, 6) is 0. The SMILES string of the molecule is Cc1cc2n(C[C@H](O)CC(F)(F)F)c(=O)c3ccccc3n2n1. The molecule has 0 unspecified atom stereocenters. The van der Waals surface area contributed by atoms with Gasteiger partial charge in [-0.25, -0.2) is 4.52 Å². The fraction of sp³-hybridized carbons (Fsp3) is 0.333. The minimum absolute atomic E-state index is 0.335. The summed E-state index contributed by atoms with van der Waals surface area (Å²) in [6.45, 7) is 1.28. The van der Waals surface area contributed by atoms with Gasteiger partial charge in [-0.2, -0.15) is 18.3 Å². The standard InChI is InChI=1S/C15H14F3N3O2/c1-9-6-13-20(8-10(22)7-15(16,17)18)14(23)11-4-2-3-5-12(11)21(13)19-9/h2-6,10,22H,7-8H2,1H3/t10-/m1/s1. The quantitative estimate of drug-likeness (QED) is 0.804. The monoisotopic (exact) mass is 325 g/mol. The van der Waals surface area contributed by atoms with Crippen molar-refractivity contribution in [3.8, 4) is 0 Å². The molecule has 0 aliphatic carbocycles. The molecule has 0 fully saturated rings. The molecule has 23 heavy (non-hydrogen) atoms. The van der Waals surface area contributed by atoms with E-state index in [2.05, 4.69) is 5.10 Å². The lowest BCUT2D eigenvalue weighted by atomic mass is 10.2. The fourth-order valence-corrected chi connectivity index (χ4v) is 2.66. The molecule has 0 aliphatic heterocycles. The van der Waals surface area contributed by atoms with Crippen molar-refractivity contribution in [2.24, 2.45) is 0 Å². The third kappa shape index (κ3) is 2.94. The van der Waals surface area contributed by atoms with Gasteiger partial charge in [0.2, 0.25) is 0 Å². The highest BCUT2D eigenvalue weighted by molar-refractivity contribution is 5.80. The number of fused-ring (bicyclic) bond motifs is 3. The van der Waals surface area contributed by atoms with Gasteiger partial charge in [0.1, 0.15) is 5.65 Å². The zero-order chi connectivity index (χ0) is 16.8. The van der Waals surface area contributed by atoms with Crippen LogP contribution in [0.25, 0.3) is 16.6 Å². The first-order chi connectivity index (χ1) is 10.8. The van der Waals surface area contributed by atoms with Gasteiger partial charge in [-0.1, -0.05) is 12.1 Å². The minimum Gasteiger partial charge on any atom is -0.391 e. The summed E-state index contributed by atoms with van der Waals surface area (Å²) in [6, 6.07) is 8.32. The van der Waals surface area contributed by atoms with Gasteiger partial charge in [-0.05, 0) is 19.1 Å². The number of para-hydroxylation sites is 1. The highest BCUT2D eigenvalue weighted by atomic mass is 19.4. The van der Waals surface area contributed by atoms with Crippen molar-refractivity contribution in [2.45, 2.75) is 32.2 Å². The topological polar surface area (TPSA) is 59.5 Å². The van der Waals surface area contributed by atoms with Crippen LogP contribution in [0.1, 0.15) is 12.1 Å². The molecule has 0 radical (unpaired) electrons. The van der Waals surface area contributed by atoms with Crippen molar-refractivity contribution in [3.05, 3.63) is 46.4 Å². The second kappa shape index (κ2) is 5.38. The maximum Gasteiger partial charge on any atom is 0.391 e. The first kappa shape index (κ1) is 15.5. The van der Waals surface area contributed by atoms with Crippen LogP contribution in [0.4, 0.5) is 13.2 Å². The zero-order valence-electron chi connectivity index (χ0n) is 12.2. The number of alkyl halides is 3. The predicted octanol–water partition coefficient (Wildman–Crippen LogP) is 2.27. The van der Waals surface area contributed by atoms with E-state index >= 15 is 0 Å². The number of halogens is 3. The molecule has 122 valence electrons. The zero-order valence-corrected chi connectivity index (χ0v) is 12.2. The van der Waals surface area contributed by atoms with Crippen LogP contribution in [-0.4, -0.2) is 31.6 Å². The van der Waals surface area contributed by atoms with Gasteiger partial charge in [-0.3, -0.25) is 9.36 Å². The summed E-state index contributed by atoms with van der Waals surface area (Å²) in [5.41, 5.74) is 1.10. The summed E-state index contributed by atoms with van der Waals surface area (Å²) in [6.07, 6.45) is -7.56. The highest BCUT2D eigenvalue weighted by Crippen LogP contribution is 2.22. The molecule has 0 saturated heterocycles. The van der Waals surface area contributed by atoms with Crippen LogP contribution in [0.15, 0.2) is 35.1 Å². The number of aliphatic hydroxyl groups is 1.